The average molecular weight is 547 g/mol. The molecule has 2 aliphatic carbocycles. The Bertz CT molecular complexity index is 1610. The second-order valence-electron chi connectivity index (χ2n) is 10.6. The van der Waals surface area contributed by atoms with E-state index in [1.54, 1.807) is 24.5 Å². The summed E-state index contributed by atoms with van der Waals surface area (Å²) in [4.78, 5) is 22.7. The summed E-state index contributed by atoms with van der Waals surface area (Å²) in [6.45, 7) is 1.77. The molecule has 0 amide bonds. The molecule has 4 aromatic rings. The number of hydrogen-bond acceptors (Lipinski definition) is 6. The molecule has 2 fully saturated rings. The van der Waals surface area contributed by atoms with E-state index in [9.17, 15) is 9.90 Å². The normalized spacial score (nSPS) is 18.5. The van der Waals surface area contributed by atoms with Crippen molar-refractivity contribution >= 4 is 51.5 Å². The van der Waals surface area contributed by atoms with Crippen LogP contribution in [0, 0.1) is 5.41 Å². The highest BCUT2D eigenvalue weighted by atomic mass is 35.5. The lowest BCUT2D eigenvalue weighted by Gasteiger charge is -2.46. The zero-order chi connectivity index (χ0) is 26.0. The van der Waals surface area contributed by atoms with Gasteiger partial charge in [0.1, 0.15) is 17.3 Å². The number of anilines is 1. The van der Waals surface area contributed by atoms with Crippen molar-refractivity contribution in [1.29, 1.82) is 0 Å². The Morgan fingerprint density at radius 3 is 2.47 bits per heavy atom. The number of hydrogen-bond donors (Lipinski definition) is 1. The first-order chi connectivity index (χ1) is 18.4. The number of carbonyl (C=O) groups is 1. The molecule has 0 radical (unpaired) electrons. The number of aromatic nitrogens is 3. The quantitative estimate of drug-likeness (QED) is 0.282. The maximum Gasteiger partial charge on any atom is 0.336 e. The van der Waals surface area contributed by atoms with E-state index in [0.717, 1.165) is 62.3 Å². The van der Waals surface area contributed by atoms with Crippen LogP contribution < -0.4 is 4.90 Å². The fourth-order valence-electron chi connectivity index (χ4n) is 5.94. The molecule has 0 unspecified atom stereocenters. The van der Waals surface area contributed by atoms with Crippen LogP contribution in [0.15, 0.2) is 53.3 Å². The Kier molecular flexibility index (Phi) is 5.49. The summed E-state index contributed by atoms with van der Waals surface area (Å²) in [6, 6.07) is 9.03. The van der Waals surface area contributed by atoms with E-state index in [0.29, 0.717) is 38.1 Å². The Labute approximate surface area is 229 Å². The SMILES string of the molecule is O=C(O)c1cccc2nc(N3CCC4(C=C(c5c(-c6c(Cl)cncc6Cl)noc5C5CC5)C4)CC3)ccc12. The average Bonchev–Trinajstić information content (AvgIpc) is 3.66. The van der Waals surface area contributed by atoms with Gasteiger partial charge in [-0.1, -0.05) is 40.5 Å². The summed E-state index contributed by atoms with van der Waals surface area (Å²) in [5.41, 5.74) is 4.82. The summed E-state index contributed by atoms with van der Waals surface area (Å²) in [5.74, 6) is 1.30. The van der Waals surface area contributed by atoms with Crippen molar-refractivity contribution in [2.24, 2.45) is 5.41 Å². The first-order valence-corrected chi connectivity index (χ1v) is 13.6. The second-order valence-corrected chi connectivity index (χ2v) is 11.4. The molecular formula is C29H24Cl2N4O3. The summed E-state index contributed by atoms with van der Waals surface area (Å²) < 4.78 is 5.87. The third kappa shape index (κ3) is 3.87. The van der Waals surface area contributed by atoms with Gasteiger partial charge in [0.15, 0.2) is 0 Å². The number of rotatable bonds is 5. The predicted octanol–water partition coefficient (Wildman–Crippen LogP) is 7.24. The molecule has 1 N–H and O–H groups in total. The Hall–Kier alpha value is -3.42. The molecular weight excluding hydrogens is 523 g/mol. The van der Waals surface area contributed by atoms with Crippen molar-refractivity contribution in [2.75, 3.05) is 18.0 Å². The van der Waals surface area contributed by atoms with Gasteiger partial charge in [0, 0.05) is 47.9 Å². The summed E-state index contributed by atoms with van der Waals surface area (Å²) in [5, 5.41) is 15.5. The van der Waals surface area contributed by atoms with Gasteiger partial charge in [-0.25, -0.2) is 9.78 Å². The molecule has 1 aliphatic heterocycles. The van der Waals surface area contributed by atoms with Crippen LogP contribution >= 0.6 is 23.2 Å². The minimum absolute atomic E-state index is 0.139. The van der Waals surface area contributed by atoms with E-state index in [-0.39, 0.29) is 11.0 Å². The molecule has 38 heavy (non-hydrogen) atoms. The maximum atomic E-state index is 11.6. The third-order valence-electron chi connectivity index (χ3n) is 8.13. The monoisotopic (exact) mass is 546 g/mol. The number of carboxylic acids is 1. The molecule has 192 valence electrons. The van der Waals surface area contributed by atoms with Gasteiger partial charge in [0.05, 0.1) is 21.1 Å². The van der Waals surface area contributed by atoms with Crippen LogP contribution in [-0.4, -0.2) is 39.3 Å². The number of aromatic carboxylic acids is 1. The second kappa shape index (κ2) is 8.82. The topological polar surface area (TPSA) is 92.3 Å². The Balaban J connectivity index is 1.14. The standard InChI is InChI=1S/C29H24Cl2N4O3/c30-20-14-32-15-21(31)25(20)26-24(27(38-34-26)16-4-5-16)17-12-29(13-17)8-10-35(11-9-29)23-7-6-18-19(28(36)37)2-1-3-22(18)33-23/h1-3,6-7,12,14-16H,4-5,8-11,13H2,(H,36,37). The number of allylic oxidation sites excluding steroid dienone is 2. The predicted molar refractivity (Wildman–Crippen MR) is 147 cm³/mol. The molecule has 1 saturated heterocycles. The number of halogens is 2. The fraction of sp³-hybridized carbons (Fsp3) is 0.310. The first-order valence-electron chi connectivity index (χ1n) is 12.8. The van der Waals surface area contributed by atoms with Crippen molar-refractivity contribution in [1.82, 2.24) is 15.1 Å². The summed E-state index contributed by atoms with van der Waals surface area (Å²) in [6.07, 6.45) is 10.8. The van der Waals surface area contributed by atoms with Crippen LogP contribution in [0.5, 0.6) is 0 Å². The van der Waals surface area contributed by atoms with Gasteiger partial charge in [-0.15, -0.1) is 0 Å². The number of fused-ring (bicyclic) bond motifs is 1. The molecule has 1 spiro atoms. The number of carboxylic acid groups (broad SMARTS) is 1. The van der Waals surface area contributed by atoms with Gasteiger partial charge in [0.2, 0.25) is 0 Å². The zero-order valence-corrected chi connectivity index (χ0v) is 22.0. The van der Waals surface area contributed by atoms with Crippen LogP contribution in [0.25, 0.3) is 27.7 Å². The molecule has 7 rings (SSSR count). The molecule has 3 aromatic heterocycles. The van der Waals surface area contributed by atoms with Gasteiger partial charge < -0.3 is 14.5 Å². The number of pyridine rings is 2. The van der Waals surface area contributed by atoms with Crippen molar-refractivity contribution in [3.8, 4) is 11.3 Å². The van der Waals surface area contributed by atoms with Crippen molar-refractivity contribution in [3.05, 3.63) is 75.7 Å². The lowest BCUT2D eigenvalue weighted by molar-refractivity contribution is 0.0699. The maximum absolute atomic E-state index is 11.6. The first kappa shape index (κ1) is 23.7. The van der Waals surface area contributed by atoms with E-state index >= 15 is 0 Å². The van der Waals surface area contributed by atoms with E-state index in [1.165, 1.54) is 5.57 Å². The van der Waals surface area contributed by atoms with E-state index < -0.39 is 5.97 Å². The molecule has 9 heteroatoms. The molecule has 7 nitrogen and oxygen atoms in total. The zero-order valence-electron chi connectivity index (χ0n) is 20.5. The Morgan fingerprint density at radius 1 is 1.05 bits per heavy atom. The van der Waals surface area contributed by atoms with Crippen molar-refractivity contribution in [3.63, 3.8) is 0 Å². The smallest absolute Gasteiger partial charge is 0.336 e. The van der Waals surface area contributed by atoms with Crippen LogP contribution in [0.4, 0.5) is 5.82 Å². The van der Waals surface area contributed by atoms with Gasteiger partial charge in [0.25, 0.3) is 0 Å². The molecule has 1 aromatic carbocycles. The summed E-state index contributed by atoms with van der Waals surface area (Å²) in [7, 11) is 0. The highest BCUT2D eigenvalue weighted by Gasteiger charge is 2.44. The molecule has 0 bridgehead atoms. The lowest BCUT2D eigenvalue weighted by atomic mass is 9.63. The molecule has 3 aliphatic rings. The lowest BCUT2D eigenvalue weighted by Crippen LogP contribution is -2.42. The van der Waals surface area contributed by atoms with Gasteiger partial charge in [-0.3, -0.25) is 4.98 Å². The van der Waals surface area contributed by atoms with Gasteiger partial charge in [-0.2, -0.15) is 0 Å². The highest BCUT2D eigenvalue weighted by molar-refractivity contribution is 6.39. The third-order valence-corrected chi connectivity index (χ3v) is 8.70. The molecule has 1 saturated carbocycles. The Morgan fingerprint density at radius 2 is 1.79 bits per heavy atom. The highest BCUT2D eigenvalue weighted by Crippen LogP contribution is 2.56. The summed E-state index contributed by atoms with van der Waals surface area (Å²) >= 11 is 13.0. The van der Waals surface area contributed by atoms with Gasteiger partial charge in [-0.05, 0) is 67.4 Å². The van der Waals surface area contributed by atoms with Crippen molar-refractivity contribution < 1.29 is 14.4 Å². The number of piperidine rings is 1. The number of nitrogens with zero attached hydrogens (tertiary/aromatic N) is 4. The molecule has 4 heterocycles. The van der Waals surface area contributed by atoms with Crippen molar-refractivity contribution in [2.45, 2.75) is 38.0 Å². The van der Waals surface area contributed by atoms with Crippen LogP contribution in [0.1, 0.15) is 59.7 Å². The van der Waals surface area contributed by atoms with Crippen LogP contribution in [-0.2, 0) is 0 Å². The van der Waals surface area contributed by atoms with Crippen LogP contribution in [0.3, 0.4) is 0 Å². The van der Waals surface area contributed by atoms with E-state index in [1.807, 2.05) is 18.2 Å². The van der Waals surface area contributed by atoms with E-state index in [2.05, 4.69) is 21.1 Å². The largest absolute Gasteiger partial charge is 0.478 e. The minimum Gasteiger partial charge on any atom is -0.478 e. The van der Waals surface area contributed by atoms with Crippen LogP contribution in [0.2, 0.25) is 10.0 Å². The fourth-order valence-corrected chi connectivity index (χ4v) is 6.48. The number of benzene rings is 1. The molecule has 0 atom stereocenters. The van der Waals surface area contributed by atoms with E-state index in [4.69, 9.17) is 32.7 Å². The van der Waals surface area contributed by atoms with Gasteiger partial charge >= 0.3 is 5.97 Å². The minimum atomic E-state index is -0.938.